The van der Waals surface area contributed by atoms with Gasteiger partial charge in [-0.15, -0.1) is 10.2 Å². The number of nitrogens with zero attached hydrogens (tertiary/aromatic N) is 2. The molecule has 4 N–H and O–H groups in total. The lowest BCUT2D eigenvalue weighted by atomic mass is 10.1. The SMILES string of the molecule is O=S(O)c1ccc(N=Nc2c(O)ccc3cc(S(=O)(=O)O)cc(S(=O)(=O)O)c23)c2ccccc12. The molecule has 0 aliphatic heterocycles. The molecular formula is C20H14N2O9S3. The van der Waals surface area contributed by atoms with Crippen molar-refractivity contribution in [3.05, 3.63) is 60.7 Å². The van der Waals surface area contributed by atoms with Crippen LogP contribution >= 0.6 is 0 Å². The molecule has 4 aromatic rings. The van der Waals surface area contributed by atoms with Crippen LogP contribution in [-0.2, 0) is 31.3 Å². The molecular weight excluding hydrogens is 508 g/mol. The van der Waals surface area contributed by atoms with E-state index in [0.29, 0.717) is 16.8 Å². The van der Waals surface area contributed by atoms with Crippen LogP contribution in [0.4, 0.5) is 11.4 Å². The maximum Gasteiger partial charge on any atom is 0.295 e. The molecule has 0 saturated heterocycles. The van der Waals surface area contributed by atoms with Crippen LogP contribution in [0.25, 0.3) is 21.5 Å². The number of rotatable bonds is 5. The lowest BCUT2D eigenvalue weighted by Crippen LogP contribution is -2.04. The van der Waals surface area contributed by atoms with Crippen molar-refractivity contribution in [2.45, 2.75) is 14.7 Å². The predicted molar refractivity (Wildman–Crippen MR) is 122 cm³/mol. The fourth-order valence-electron chi connectivity index (χ4n) is 3.42. The molecule has 0 heterocycles. The van der Waals surface area contributed by atoms with E-state index in [0.717, 1.165) is 12.1 Å². The largest absolute Gasteiger partial charge is 0.506 e. The van der Waals surface area contributed by atoms with E-state index in [2.05, 4.69) is 10.2 Å². The van der Waals surface area contributed by atoms with Crippen molar-refractivity contribution >= 4 is 64.2 Å². The second-order valence-corrected chi connectivity index (χ2v) is 10.7. The van der Waals surface area contributed by atoms with Crippen molar-refractivity contribution in [2.75, 3.05) is 0 Å². The maximum atomic E-state index is 12.0. The zero-order valence-corrected chi connectivity index (χ0v) is 19.2. The fraction of sp³-hybridized carbons (Fsp3) is 0. The standard InChI is InChI=1S/C20H14N2O9S3/c23-16-7-5-11-9-12(33(26,27)28)10-18(34(29,30)31)19(11)20(16)22-21-15-6-8-17(32(24)25)14-4-2-1-3-13(14)15/h1-10,23H,(H,24,25)(H,26,27,28)(H,29,30,31). The molecule has 0 amide bonds. The summed E-state index contributed by atoms with van der Waals surface area (Å²) >= 11 is -2.27. The number of hydrogen-bond acceptors (Lipinski definition) is 8. The second kappa shape index (κ2) is 8.50. The van der Waals surface area contributed by atoms with Gasteiger partial charge in [0.1, 0.15) is 16.3 Å². The normalized spacial score (nSPS) is 13.6. The molecule has 1 atom stereocenters. The van der Waals surface area contributed by atoms with Gasteiger partial charge < -0.3 is 9.66 Å². The van der Waals surface area contributed by atoms with Crippen molar-refractivity contribution in [3.63, 3.8) is 0 Å². The molecule has 0 spiro atoms. The molecule has 176 valence electrons. The van der Waals surface area contributed by atoms with Crippen LogP contribution in [0, 0.1) is 0 Å². The maximum absolute atomic E-state index is 12.0. The fourth-order valence-corrected chi connectivity index (χ4v) is 5.34. The van der Waals surface area contributed by atoms with Gasteiger partial charge in [0, 0.05) is 16.2 Å². The molecule has 4 rings (SSSR count). The Balaban J connectivity index is 2.01. The first-order valence-electron chi connectivity index (χ1n) is 9.17. The Kier molecular flexibility index (Phi) is 5.97. The molecule has 0 fully saturated rings. The van der Waals surface area contributed by atoms with E-state index in [9.17, 15) is 39.8 Å². The molecule has 1 unspecified atom stereocenters. The van der Waals surface area contributed by atoms with E-state index in [4.69, 9.17) is 0 Å². The van der Waals surface area contributed by atoms with E-state index in [1.165, 1.54) is 18.2 Å². The lowest BCUT2D eigenvalue weighted by Gasteiger charge is -2.10. The highest BCUT2D eigenvalue weighted by Crippen LogP contribution is 2.41. The summed E-state index contributed by atoms with van der Waals surface area (Å²) in [5.74, 6) is -0.529. The Morgan fingerprint density at radius 2 is 1.47 bits per heavy atom. The van der Waals surface area contributed by atoms with Crippen molar-refractivity contribution in [2.24, 2.45) is 10.2 Å². The summed E-state index contributed by atoms with van der Waals surface area (Å²) in [7, 11) is -9.86. The zero-order chi connectivity index (χ0) is 24.8. The van der Waals surface area contributed by atoms with E-state index < -0.39 is 52.5 Å². The van der Waals surface area contributed by atoms with Gasteiger partial charge in [-0.25, -0.2) is 4.21 Å². The summed E-state index contributed by atoms with van der Waals surface area (Å²) in [6.07, 6.45) is 0. The first-order valence-corrected chi connectivity index (χ1v) is 13.2. The molecule has 0 aliphatic rings. The van der Waals surface area contributed by atoms with Gasteiger partial charge in [0.25, 0.3) is 20.2 Å². The van der Waals surface area contributed by atoms with Gasteiger partial charge in [0.05, 0.1) is 15.5 Å². The number of azo groups is 1. The summed E-state index contributed by atoms with van der Waals surface area (Å²) in [5.41, 5.74) is -0.185. The highest BCUT2D eigenvalue weighted by Gasteiger charge is 2.24. The van der Waals surface area contributed by atoms with Crippen molar-refractivity contribution in [1.29, 1.82) is 0 Å². The summed E-state index contributed by atoms with van der Waals surface area (Å²) < 4.78 is 87.3. The van der Waals surface area contributed by atoms with Gasteiger partial charge in [-0.05, 0) is 35.7 Å². The Morgan fingerprint density at radius 1 is 0.794 bits per heavy atom. The third-order valence-corrected chi connectivity index (χ3v) is 7.33. The highest BCUT2D eigenvalue weighted by molar-refractivity contribution is 7.86. The van der Waals surface area contributed by atoms with E-state index >= 15 is 0 Å². The minimum Gasteiger partial charge on any atom is -0.506 e. The topological polar surface area (TPSA) is 191 Å². The summed E-state index contributed by atoms with van der Waals surface area (Å²) in [6, 6.07) is 13.0. The lowest BCUT2D eigenvalue weighted by molar-refractivity contribution is 0.477. The number of phenols is 1. The monoisotopic (exact) mass is 522 g/mol. The molecule has 0 aliphatic carbocycles. The van der Waals surface area contributed by atoms with E-state index in [1.807, 2.05) is 0 Å². The van der Waals surface area contributed by atoms with Crippen LogP contribution in [0.15, 0.2) is 85.6 Å². The van der Waals surface area contributed by atoms with Crippen molar-refractivity contribution < 1.29 is 39.8 Å². The quantitative estimate of drug-likeness (QED) is 0.169. The summed E-state index contributed by atoms with van der Waals surface area (Å²) in [6.45, 7) is 0. The minimum absolute atomic E-state index is 0.0783. The van der Waals surface area contributed by atoms with E-state index in [-0.39, 0.29) is 21.4 Å². The van der Waals surface area contributed by atoms with Gasteiger partial charge in [-0.1, -0.05) is 30.3 Å². The summed E-state index contributed by atoms with van der Waals surface area (Å²) in [4.78, 5) is -1.58. The van der Waals surface area contributed by atoms with Gasteiger partial charge in [-0.3, -0.25) is 9.11 Å². The molecule has 0 bridgehead atoms. The van der Waals surface area contributed by atoms with Crippen LogP contribution in [0.2, 0.25) is 0 Å². The molecule has 0 radical (unpaired) electrons. The summed E-state index contributed by atoms with van der Waals surface area (Å²) in [5, 5.41) is 18.8. The van der Waals surface area contributed by atoms with Crippen molar-refractivity contribution in [3.8, 4) is 5.75 Å². The minimum atomic E-state index is -5.03. The smallest absolute Gasteiger partial charge is 0.295 e. The van der Waals surface area contributed by atoms with E-state index in [1.54, 1.807) is 24.3 Å². The zero-order valence-electron chi connectivity index (χ0n) is 16.7. The molecule has 0 aromatic heterocycles. The van der Waals surface area contributed by atoms with Crippen LogP contribution in [0.1, 0.15) is 0 Å². The van der Waals surface area contributed by atoms with Crippen LogP contribution in [0.5, 0.6) is 5.75 Å². The number of aromatic hydroxyl groups is 1. The van der Waals surface area contributed by atoms with Crippen LogP contribution in [-0.4, -0.2) is 39.8 Å². The molecule has 34 heavy (non-hydrogen) atoms. The highest BCUT2D eigenvalue weighted by atomic mass is 32.2. The third kappa shape index (κ3) is 4.42. The molecule has 0 saturated carbocycles. The second-order valence-electron chi connectivity index (χ2n) is 6.98. The Bertz CT molecular complexity index is 1750. The molecule has 14 heteroatoms. The van der Waals surface area contributed by atoms with Gasteiger partial charge in [0.2, 0.25) is 0 Å². The average Bonchev–Trinajstić information content (AvgIpc) is 2.76. The number of hydrogen-bond donors (Lipinski definition) is 4. The Morgan fingerprint density at radius 3 is 2.09 bits per heavy atom. The first-order chi connectivity index (χ1) is 15.9. The number of benzene rings is 4. The molecule has 11 nitrogen and oxygen atoms in total. The van der Waals surface area contributed by atoms with Crippen molar-refractivity contribution in [1.82, 2.24) is 0 Å². The number of phenolic OH excluding ortho intramolecular Hbond substituents is 1. The van der Waals surface area contributed by atoms with Crippen LogP contribution < -0.4 is 0 Å². The predicted octanol–water partition coefficient (Wildman–Crippen LogP) is 4.19. The Hall–Kier alpha value is -3.27. The number of fused-ring (bicyclic) bond motifs is 2. The third-order valence-electron chi connectivity index (χ3n) is 4.89. The average molecular weight is 523 g/mol. The molecule has 4 aromatic carbocycles. The van der Waals surface area contributed by atoms with Gasteiger partial charge in [0.15, 0.2) is 11.1 Å². The first kappa shape index (κ1) is 23.9. The Labute approximate surface area is 195 Å². The van der Waals surface area contributed by atoms with Gasteiger partial charge >= 0.3 is 0 Å². The van der Waals surface area contributed by atoms with Crippen LogP contribution in [0.3, 0.4) is 0 Å². The van der Waals surface area contributed by atoms with Gasteiger partial charge in [-0.2, -0.15) is 16.8 Å².